The summed E-state index contributed by atoms with van der Waals surface area (Å²) in [5.74, 6) is -1.24. The summed E-state index contributed by atoms with van der Waals surface area (Å²) in [5.41, 5.74) is 9.91. The second-order valence-electron chi connectivity index (χ2n) is 1.89. The van der Waals surface area contributed by atoms with Crippen LogP contribution in [0.5, 0.6) is 0 Å². The molecule has 0 radical (unpaired) electrons. The molecule has 0 aromatic carbocycles. The van der Waals surface area contributed by atoms with Gasteiger partial charge in [0, 0.05) is 0 Å². The van der Waals surface area contributed by atoms with E-state index in [4.69, 9.17) is 21.7 Å². The van der Waals surface area contributed by atoms with Gasteiger partial charge in [0.2, 0.25) is 5.91 Å². The third kappa shape index (κ3) is 10.3. The zero-order chi connectivity index (χ0) is 10.9. The van der Waals surface area contributed by atoms with Crippen LogP contribution >= 0.6 is 0 Å². The number of methoxy groups -OCH3 is 1. The first kappa shape index (κ1) is 13.8. The number of primary amides is 1. The van der Waals surface area contributed by atoms with Crippen LogP contribution in [0.1, 0.15) is 6.42 Å². The molecule has 0 spiro atoms. The Labute approximate surface area is 74.5 Å². The van der Waals surface area contributed by atoms with Crippen molar-refractivity contribution >= 4 is 18.0 Å². The van der Waals surface area contributed by atoms with Gasteiger partial charge < -0.3 is 21.6 Å². The summed E-state index contributed by atoms with van der Waals surface area (Å²) in [6.45, 7) is 0. The number of amides is 1. The smallest absolute Gasteiger partial charge is 0.323 e. The van der Waals surface area contributed by atoms with Crippen molar-refractivity contribution in [2.75, 3.05) is 7.11 Å². The lowest BCUT2D eigenvalue weighted by Crippen LogP contribution is -2.35. The van der Waals surface area contributed by atoms with E-state index in [2.05, 4.69) is 4.74 Å². The molecule has 0 heterocycles. The molecule has 13 heavy (non-hydrogen) atoms. The molecule has 0 fully saturated rings. The molecule has 1 atom stereocenters. The molecule has 0 aliphatic heterocycles. The number of hydrogen-bond acceptors (Lipinski definition) is 5. The molecule has 4 N–H and O–H groups in total. The Kier molecular flexibility index (Phi) is 8.92. The van der Waals surface area contributed by atoms with Crippen LogP contribution < -0.4 is 11.5 Å². The van der Waals surface area contributed by atoms with Crippen molar-refractivity contribution in [3.8, 4) is 0 Å². The van der Waals surface area contributed by atoms with E-state index in [9.17, 15) is 9.59 Å². The molecular weight excluding hydrogens is 178 g/mol. The lowest BCUT2D eigenvalue weighted by atomic mass is 10.2. The second kappa shape index (κ2) is 8.38. The Morgan fingerprint density at radius 3 is 2.23 bits per heavy atom. The van der Waals surface area contributed by atoms with Crippen LogP contribution in [-0.2, 0) is 19.1 Å². The number of rotatable bonds is 3. The number of ether oxygens (including phenoxy) is 1. The highest BCUT2D eigenvalue weighted by atomic mass is 16.5. The van der Waals surface area contributed by atoms with Crippen molar-refractivity contribution in [3.63, 3.8) is 0 Å². The highest BCUT2D eigenvalue weighted by Crippen LogP contribution is 1.88. The van der Waals surface area contributed by atoms with Crippen molar-refractivity contribution < 1.29 is 19.1 Å². The SMILES string of the molecule is COC(=O)[C@@H](N)CC(N)=O.[N-]=C=O. The number of isocyanates is 1. The van der Waals surface area contributed by atoms with Gasteiger partial charge in [0.15, 0.2) is 0 Å². The highest BCUT2D eigenvalue weighted by molar-refractivity contribution is 5.83. The van der Waals surface area contributed by atoms with E-state index < -0.39 is 17.9 Å². The lowest BCUT2D eigenvalue weighted by molar-refractivity contribution is -0.143. The van der Waals surface area contributed by atoms with Gasteiger partial charge in [-0.2, -0.15) is 0 Å². The Balaban J connectivity index is 0. The largest absolute Gasteiger partial charge is 0.724 e. The molecule has 0 aliphatic carbocycles. The summed E-state index contributed by atoms with van der Waals surface area (Å²) in [6, 6.07) is -0.928. The minimum absolute atomic E-state index is 0.174. The van der Waals surface area contributed by atoms with E-state index in [1.54, 1.807) is 0 Å². The van der Waals surface area contributed by atoms with Crippen LogP contribution in [-0.4, -0.2) is 31.1 Å². The molecule has 0 unspecified atom stereocenters. The summed E-state index contributed by atoms with van der Waals surface area (Å²) in [6.07, 6.45) is 0.326. The van der Waals surface area contributed by atoms with Gasteiger partial charge in [0.05, 0.1) is 13.5 Å². The van der Waals surface area contributed by atoms with Crippen molar-refractivity contribution in [2.24, 2.45) is 11.5 Å². The van der Waals surface area contributed by atoms with Gasteiger partial charge in [-0.1, -0.05) is 0 Å². The Bertz CT molecular complexity index is 210. The summed E-state index contributed by atoms with van der Waals surface area (Å²) < 4.78 is 4.24. The fourth-order valence-electron chi connectivity index (χ4n) is 0.451. The van der Waals surface area contributed by atoms with E-state index >= 15 is 0 Å². The highest BCUT2D eigenvalue weighted by Gasteiger charge is 2.15. The number of nitrogens with two attached hydrogens (primary N) is 2. The Morgan fingerprint density at radius 1 is 1.62 bits per heavy atom. The third-order valence-corrected chi connectivity index (χ3v) is 0.925. The molecule has 74 valence electrons. The maximum absolute atomic E-state index is 10.5. The molecule has 0 saturated heterocycles. The number of nitrogens with zero attached hydrogens (tertiary/aromatic N) is 1. The normalized spacial score (nSPS) is 10.0. The number of esters is 1. The quantitative estimate of drug-likeness (QED) is 0.307. The third-order valence-electron chi connectivity index (χ3n) is 0.925. The minimum atomic E-state index is -0.928. The van der Waals surface area contributed by atoms with E-state index in [0.29, 0.717) is 6.08 Å². The van der Waals surface area contributed by atoms with Gasteiger partial charge in [-0.05, 0) is 6.08 Å². The molecule has 0 aromatic heterocycles. The Morgan fingerprint density at radius 2 is 2.00 bits per heavy atom. The first-order chi connectivity index (χ1) is 5.99. The lowest BCUT2D eigenvalue weighted by Gasteiger charge is -2.04. The van der Waals surface area contributed by atoms with Crippen LogP contribution in [0.4, 0.5) is 0 Å². The van der Waals surface area contributed by atoms with E-state index in [1.807, 2.05) is 0 Å². The molecule has 0 aliphatic rings. The first-order valence-corrected chi connectivity index (χ1v) is 3.12. The van der Waals surface area contributed by atoms with Crippen LogP contribution in [0.25, 0.3) is 5.41 Å². The van der Waals surface area contributed by atoms with Gasteiger partial charge in [-0.3, -0.25) is 14.4 Å². The summed E-state index contributed by atoms with van der Waals surface area (Å²) in [4.78, 5) is 28.9. The summed E-state index contributed by atoms with van der Waals surface area (Å²) in [7, 11) is 1.20. The molecule has 0 bridgehead atoms. The van der Waals surface area contributed by atoms with Crippen molar-refractivity contribution in [3.05, 3.63) is 5.41 Å². The average molecular weight is 188 g/mol. The minimum Gasteiger partial charge on any atom is -0.724 e. The van der Waals surface area contributed by atoms with Gasteiger partial charge in [0.1, 0.15) is 6.04 Å². The predicted octanol–water partition coefficient (Wildman–Crippen LogP) is -1.75. The van der Waals surface area contributed by atoms with Crippen LogP contribution in [0, 0.1) is 0 Å². The molecule has 7 nitrogen and oxygen atoms in total. The fraction of sp³-hybridized carbons (Fsp3) is 0.500. The monoisotopic (exact) mass is 188 g/mol. The van der Waals surface area contributed by atoms with Gasteiger partial charge in [-0.25, -0.2) is 0 Å². The maximum Gasteiger partial charge on any atom is 0.323 e. The van der Waals surface area contributed by atoms with E-state index in [-0.39, 0.29) is 6.42 Å². The number of carbonyl (C=O) groups excluding carboxylic acids is 3. The molecular formula is C6H10N3O4-. The summed E-state index contributed by atoms with van der Waals surface area (Å²) >= 11 is 0. The van der Waals surface area contributed by atoms with Gasteiger partial charge in [0.25, 0.3) is 0 Å². The number of hydrogen-bond donors (Lipinski definition) is 2. The van der Waals surface area contributed by atoms with Gasteiger partial charge in [-0.15, -0.1) is 0 Å². The molecule has 1 amide bonds. The van der Waals surface area contributed by atoms with Crippen LogP contribution in [0.2, 0.25) is 0 Å². The van der Waals surface area contributed by atoms with Crippen molar-refractivity contribution in [2.45, 2.75) is 12.5 Å². The average Bonchev–Trinajstić information content (AvgIpc) is 2.03. The molecule has 0 saturated carbocycles. The summed E-state index contributed by atoms with van der Waals surface area (Å²) in [5, 5.41) is 6.76. The van der Waals surface area contributed by atoms with Crippen molar-refractivity contribution in [1.29, 1.82) is 0 Å². The van der Waals surface area contributed by atoms with E-state index in [1.165, 1.54) is 7.11 Å². The van der Waals surface area contributed by atoms with Crippen LogP contribution in [0.15, 0.2) is 0 Å². The predicted molar refractivity (Wildman–Crippen MR) is 42.9 cm³/mol. The molecule has 0 aromatic rings. The fourth-order valence-corrected chi connectivity index (χ4v) is 0.451. The second-order valence-corrected chi connectivity index (χ2v) is 1.89. The zero-order valence-electron chi connectivity index (χ0n) is 7.02. The van der Waals surface area contributed by atoms with Crippen LogP contribution in [0.3, 0.4) is 0 Å². The number of carbonyl (C=O) groups is 2. The topological polar surface area (TPSA) is 135 Å². The van der Waals surface area contributed by atoms with E-state index in [0.717, 1.165) is 0 Å². The first-order valence-electron chi connectivity index (χ1n) is 3.12. The molecule has 7 heteroatoms. The standard InChI is InChI=1S/C5H10N2O3.CNO/c1-10-5(9)3(6)2-4(7)8;2-1-3/h3H,2,6H2,1H3,(H2,7,8);/q;-1/t3-;/m0./s1. The maximum atomic E-state index is 10.5. The molecule has 0 rings (SSSR count). The zero-order valence-corrected chi connectivity index (χ0v) is 7.02. The van der Waals surface area contributed by atoms with Gasteiger partial charge >= 0.3 is 5.97 Å². The van der Waals surface area contributed by atoms with Crippen molar-refractivity contribution in [1.82, 2.24) is 0 Å². The Hall–Kier alpha value is -1.72.